The molecule has 3 aromatic rings. The van der Waals surface area contributed by atoms with E-state index >= 15 is 0 Å². The van der Waals surface area contributed by atoms with Gasteiger partial charge in [0.25, 0.3) is 0 Å². The van der Waals surface area contributed by atoms with Crippen molar-refractivity contribution in [2.75, 3.05) is 18.5 Å². The summed E-state index contributed by atoms with van der Waals surface area (Å²) in [6.07, 6.45) is 8.74. The van der Waals surface area contributed by atoms with Crippen molar-refractivity contribution in [2.24, 2.45) is 13.0 Å². The van der Waals surface area contributed by atoms with E-state index in [1.165, 1.54) is 0 Å². The minimum atomic E-state index is -0.00496. The summed E-state index contributed by atoms with van der Waals surface area (Å²) in [5.74, 6) is 0.568. The molecule has 0 aliphatic carbocycles. The lowest BCUT2D eigenvalue weighted by Gasteiger charge is -2.21. The van der Waals surface area contributed by atoms with E-state index in [1.807, 2.05) is 25.4 Å². The number of fused-ring (bicyclic) bond motifs is 1. The molecule has 1 aliphatic rings. The number of carbonyl (C=O) groups is 1. The predicted molar refractivity (Wildman–Crippen MR) is 93.9 cm³/mol. The molecule has 4 rings (SSSR count). The molecule has 1 saturated heterocycles. The van der Waals surface area contributed by atoms with Crippen molar-refractivity contribution in [2.45, 2.75) is 12.8 Å². The second kappa shape index (κ2) is 6.60. The lowest BCUT2D eigenvalue weighted by atomic mass is 9.99. The fourth-order valence-electron chi connectivity index (χ4n) is 3.01. The lowest BCUT2D eigenvalue weighted by molar-refractivity contribution is -0.122. The molecule has 7 heteroatoms. The fraction of sp³-hybridized carbons (Fsp3) is 0.333. The van der Waals surface area contributed by atoms with Crippen molar-refractivity contribution < 1.29 is 9.53 Å². The molecule has 1 aliphatic heterocycles. The van der Waals surface area contributed by atoms with Crippen LogP contribution in [0.25, 0.3) is 22.0 Å². The summed E-state index contributed by atoms with van der Waals surface area (Å²) in [6, 6.07) is 3.87. The number of amides is 1. The van der Waals surface area contributed by atoms with E-state index in [0.29, 0.717) is 19.0 Å². The SMILES string of the molecule is Cn1cc(-c2cc3cc(NC(=O)C4CCOCC4)ncc3cn2)cn1. The van der Waals surface area contributed by atoms with Gasteiger partial charge in [0.2, 0.25) is 5.91 Å². The zero-order valence-electron chi connectivity index (χ0n) is 14.0. The van der Waals surface area contributed by atoms with Gasteiger partial charge in [0.1, 0.15) is 5.82 Å². The molecule has 1 N–H and O–H groups in total. The third-order valence-corrected chi connectivity index (χ3v) is 4.45. The largest absolute Gasteiger partial charge is 0.381 e. The van der Waals surface area contributed by atoms with E-state index in [9.17, 15) is 4.79 Å². The molecule has 0 radical (unpaired) electrons. The zero-order valence-corrected chi connectivity index (χ0v) is 14.0. The Morgan fingerprint density at radius 3 is 2.72 bits per heavy atom. The standard InChI is InChI=1S/C18H19N5O2/c1-23-11-15(10-21-23)16-6-13-7-17(20-9-14(13)8-19-16)22-18(24)12-2-4-25-5-3-12/h6-12H,2-5H2,1H3,(H,20,22,24). The number of rotatable bonds is 3. The number of carbonyl (C=O) groups excluding carboxylic acids is 1. The van der Waals surface area contributed by atoms with Crippen molar-refractivity contribution in [1.29, 1.82) is 0 Å². The molecule has 3 aromatic heterocycles. The van der Waals surface area contributed by atoms with Gasteiger partial charge in [0.05, 0.1) is 11.9 Å². The van der Waals surface area contributed by atoms with Gasteiger partial charge < -0.3 is 10.1 Å². The molecule has 25 heavy (non-hydrogen) atoms. The molecule has 0 bridgehead atoms. The van der Waals surface area contributed by atoms with Crippen LogP contribution in [0.1, 0.15) is 12.8 Å². The van der Waals surface area contributed by atoms with Crippen LogP contribution in [0.15, 0.2) is 36.9 Å². The van der Waals surface area contributed by atoms with Crippen LogP contribution in [0.2, 0.25) is 0 Å². The van der Waals surface area contributed by atoms with Gasteiger partial charge in [-0.15, -0.1) is 0 Å². The number of ether oxygens (including phenoxy) is 1. The number of hydrogen-bond donors (Lipinski definition) is 1. The van der Waals surface area contributed by atoms with Gasteiger partial charge in [0, 0.05) is 55.7 Å². The van der Waals surface area contributed by atoms with Gasteiger partial charge in [-0.05, 0) is 30.4 Å². The molecule has 128 valence electrons. The van der Waals surface area contributed by atoms with Crippen LogP contribution in [0.5, 0.6) is 0 Å². The number of anilines is 1. The fourth-order valence-corrected chi connectivity index (χ4v) is 3.01. The molecule has 0 saturated carbocycles. The van der Waals surface area contributed by atoms with Crippen LogP contribution in [0.3, 0.4) is 0 Å². The summed E-state index contributed by atoms with van der Waals surface area (Å²) < 4.78 is 7.05. The third kappa shape index (κ3) is 3.36. The zero-order chi connectivity index (χ0) is 17.2. The first-order valence-corrected chi connectivity index (χ1v) is 8.32. The summed E-state index contributed by atoms with van der Waals surface area (Å²) in [6.45, 7) is 1.28. The molecule has 1 fully saturated rings. The predicted octanol–water partition coefficient (Wildman–Crippen LogP) is 2.40. The van der Waals surface area contributed by atoms with Crippen molar-refractivity contribution in [1.82, 2.24) is 19.7 Å². The Kier molecular flexibility index (Phi) is 4.15. The van der Waals surface area contributed by atoms with E-state index in [1.54, 1.807) is 23.3 Å². The highest BCUT2D eigenvalue weighted by atomic mass is 16.5. The molecule has 0 atom stereocenters. The molecule has 0 unspecified atom stereocenters. The smallest absolute Gasteiger partial charge is 0.228 e. The van der Waals surface area contributed by atoms with E-state index in [2.05, 4.69) is 20.4 Å². The normalized spacial score (nSPS) is 15.4. The summed E-state index contributed by atoms with van der Waals surface area (Å²) in [4.78, 5) is 21.2. The minimum absolute atomic E-state index is 0.00496. The molecule has 0 aromatic carbocycles. The first-order chi connectivity index (χ1) is 12.2. The summed E-state index contributed by atoms with van der Waals surface area (Å²) in [7, 11) is 1.87. The number of nitrogens with one attached hydrogen (secondary N) is 1. The Hall–Kier alpha value is -2.80. The van der Waals surface area contributed by atoms with Crippen molar-refractivity contribution in [3.05, 3.63) is 36.9 Å². The van der Waals surface area contributed by atoms with E-state index < -0.39 is 0 Å². The Labute approximate surface area is 145 Å². The average molecular weight is 337 g/mol. The first kappa shape index (κ1) is 15.7. The third-order valence-electron chi connectivity index (χ3n) is 4.45. The van der Waals surface area contributed by atoms with Crippen LogP contribution in [0.4, 0.5) is 5.82 Å². The Balaban J connectivity index is 1.59. The number of nitrogens with zero attached hydrogens (tertiary/aromatic N) is 4. The molecule has 0 spiro atoms. The van der Waals surface area contributed by atoms with Gasteiger partial charge in [0.15, 0.2) is 0 Å². The number of hydrogen-bond acceptors (Lipinski definition) is 5. The summed E-state index contributed by atoms with van der Waals surface area (Å²) in [5.41, 5.74) is 1.79. The summed E-state index contributed by atoms with van der Waals surface area (Å²) in [5, 5.41) is 9.01. The maximum absolute atomic E-state index is 12.4. The maximum Gasteiger partial charge on any atom is 0.228 e. The second-order valence-electron chi connectivity index (χ2n) is 6.26. The Morgan fingerprint density at radius 1 is 1.16 bits per heavy atom. The summed E-state index contributed by atoms with van der Waals surface area (Å²) >= 11 is 0. The van der Waals surface area contributed by atoms with Gasteiger partial charge in [-0.1, -0.05) is 0 Å². The molecular formula is C18H19N5O2. The molecular weight excluding hydrogens is 318 g/mol. The molecule has 7 nitrogen and oxygen atoms in total. The average Bonchev–Trinajstić information content (AvgIpc) is 3.08. The minimum Gasteiger partial charge on any atom is -0.381 e. The lowest BCUT2D eigenvalue weighted by Crippen LogP contribution is -2.28. The Bertz CT molecular complexity index is 915. The Morgan fingerprint density at radius 2 is 1.96 bits per heavy atom. The van der Waals surface area contributed by atoms with Crippen LogP contribution >= 0.6 is 0 Å². The van der Waals surface area contributed by atoms with E-state index in [4.69, 9.17) is 4.74 Å². The highest BCUT2D eigenvalue weighted by molar-refractivity contribution is 5.94. The van der Waals surface area contributed by atoms with Crippen LogP contribution in [-0.2, 0) is 16.6 Å². The van der Waals surface area contributed by atoms with E-state index in [-0.39, 0.29) is 11.8 Å². The monoisotopic (exact) mass is 337 g/mol. The van der Waals surface area contributed by atoms with Gasteiger partial charge in [-0.3, -0.25) is 14.5 Å². The van der Waals surface area contributed by atoms with Crippen molar-refractivity contribution in [3.8, 4) is 11.3 Å². The van der Waals surface area contributed by atoms with Crippen LogP contribution in [0, 0.1) is 5.92 Å². The highest BCUT2D eigenvalue weighted by Crippen LogP contribution is 2.23. The van der Waals surface area contributed by atoms with Gasteiger partial charge in [-0.25, -0.2) is 4.98 Å². The quantitative estimate of drug-likeness (QED) is 0.793. The van der Waals surface area contributed by atoms with Crippen LogP contribution in [-0.4, -0.2) is 38.9 Å². The van der Waals surface area contributed by atoms with E-state index in [0.717, 1.165) is 34.9 Å². The van der Waals surface area contributed by atoms with Crippen molar-refractivity contribution >= 4 is 22.5 Å². The topological polar surface area (TPSA) is 81.9 Å². The second-order valence-corrected chi connectivity index (χ2v) is 6.26. The first-order valence-electron chi connectivity index (χ1n) is 8.32. The van der Waals surface area contributed by atoms with Gasteiger partial charge >= 0.3 is 0 Å². The van der Waals surface area contributed by atoms with Gasteiger partial charge in [-0.2, -0.15) is 5.10 Å². The van der Waals surface area contributed by atoms with Crippen LogP contribution < -0.4 is 5.32 Å². The molecule has 1 amide bonds. The molecule has 4 heterocycles. The highest BCUT2D eigenvalue weighted by Gasteiger charge is 2.21. The maximum atomic E-state index is 12.4. The van der Waals surface area contributed by atoms with Crippen molar-refractivity contribution in [3.63, 3.8) is 0 Å². The number of pyridine rings is 2. The number of aryl methyl sites for hydroxylation is 1. The number of aromatic nitrogens is 4.